The molecular weight excluding hydrogens is 285 g/mol. The summed E-state index contributed by atoms with van der Waals surface area (Å²) in [6.45, 7) is 0.0622. The van der Waals surface area contributed by atoms with Gasteiger partial charge in [-0.1, -0.05) is 23.9 Å². The first kappa shape index (κ1) is 14.3. The third kappa shape index (κ3) is 3.95. The van der Waals surface area contributed by atoms with Crippen molar-refractivity contribution in [2.75, 3.05) is 12.9 Å². The van der Waals surface area contributed by atoms with Crippen molar-refractivity contribution >= 4 is 17.7 Å². The van der Waals surface area contributed by atoms with E-state index in [1.165, 1.54) is 19.2 Å². The molecule has 1 heterocycles. The predicted octanol–water partition coefficient (Wildman–Crippen LogP) is 1.79. The fraction of sp³-hybridized carbons (Fsp3) is 0.250. The van der Waals surface area contributed by atoms with Gasteiger partial charge in [-0.25, -0.2) is 9.37 Å². The second kappa shape index (κ2) is 6.90. The maximum absolute atomic E-state index is 13.3. The number of H-pyrrole nitrogens is 1. The summed E-state index contributed by atoms with van der Waals surface area (Å²) >= 11 is 1.14. The van der Waals surface area contributed by atoms with Crippen molar-refractivity contribution in [1.82, 2.24) is 15.2 Å². The van der Waals surface area contributed by atoms with Crippen molar-refractivity contribution in [2.45, 2.75) is 11.8 Å². The number of nitrogens with zero attached hydrogens (tertiary/aromatic N) is 2. The van der Waals surface area contributed by atoms with Crippen LogP contribution in [0.4, 0.5) is 4.39 Å². The van der Waals surface area contributed by atoms with Gasteiger partial charge in [0.05, 0.1) is 12.9 Å². The van der Waals surface area contributed by atoms with Crippen molar-refractivity contribution in [3.8, 4) is 5.75 Å². The number of methoxy groups -OCH3 is 1. The predicted molar refractivity (Wildman–Crippen MR) is 69.9 cm³/mol. The highest BCUT2D eigenvalue weighted by Gasteiger charge is 2.09. The van der Waals surface area contributed by atoms with E-state index in [-0.39, 0.29) is 24.1 Å². The molecule has 0 amide bonds. The largest absolute Gasteiger partial charge is 0.483 e. The lowest BCUT2D eigenvalue weighted by molar-refractivity contribution is -0.137. The molecule has 8 heteroatoms. The zero-order valence-electron chi connectivity index (χ0n) is 10.6. The van der Waals surface area contributed by atoms with Crippen LogP contribution in [0, 0.1) is 5.82 Å². The minimum atomic E-state index is -0.438. The van der Waals surface area contributed by atoms with Gasteiger partial charge in [0.15, 0.2) is 17.4 Å². The number of esters is 1. The monoisotopic (exact) mass is 297 g/mol. The summed E-state index contributed by atoms with van der Waals surface area (Å²) in [7, 11) is 1.31. The first-order chi connectivity index (χ1) is 9.69. The number of benzene rings is 1. The van der Waals surface area contributed by atoms with Gasteiger partial charge < -0.3 is 9.47 Å². The molecule has 1 aromatic heterocycles. The summed E-state index contributed by atoms with van der Waals surface area (Å²) < 4.78 is 23.1. The van der Waals surface area contributed by atoms with Crippen molar-refractivity contribution < 1.29 is 18.7 Å². The molecule has 0 bridgehead atoms. The van der Waals surface area contributed by atoms with Gasteiger partial charge in [-0.2, -0.15) is 0 Å². The second-order valence-corrected chi connectivity index (χ2v) is 4.59. The summed E-state index contributed by atoms with van der Waals surface area (Å²) in [4.78, 5) is 15.1. The Morgan fingerprint density at radius 3 is 3.00 bits per heavy atom. The molecular formula is C12H12FN3O3S. The van der Waals surface area contributed by atoms with Crippen molar-refractivity contribution in [2.24, 2.45) is 0 Å². The first-order valence-corrected chi connectivity index (χ1v) is 6.66. The fourth-order valence-electron chi connectivity index (χ4n) is 1.30. The van der Waals surface area contributed by atoms with E-state index in [1.807, 2.05) is 0 Å². The molecule has 0 atom stereocenters. The Morgan fingerprint density at radius 1 is 1.45 bits per heavy atom. The molecule has 0 spiro atoms. The molecule has 1 N–H and O–H groups in total. The Hall–Kier alpha value is -2.09. The van der Waals surface area contributed by atoms with Gasteiger partial charge in [0, 0.05) is 0 Å². The molecule has 0 aliphatic carbocycles. The smallest absolute Gasteiger partial charge is 0.316 e. The van der Waals surface area contributed by atoms with Gasteiger partial charge in [-0.05, 0) is 12.1 Å². The normalized spacial score (nSPS) is 10.3. The SMILES string of the molecule is COC(=O)CSc1n[nH]c(COc2ccccc2F)n1. The number of hydrogen-bond acceptors (Lipinski definition) is 6. The third-order valence-corrected chi connectivity index (χ3v) is 3.08. The third-order valence-electron chi connectivity index (χ3n) is 2.26. The number of aromatic nitrogens is 3. The molecule has 6 nitrogen and oxygen atoms in total. The number of halogens is 1. The molecule has 0 fully saturated rings. The van der Waals surface area contributed by atoms with Gasteiger partial charge in [0.1, 0.15) is 6.61 Å². The number of hydrogen-bond donors (Lipinski definition) is 1. The summed E-state index contributed by atoms with van der Waals surface area (Å²) in [6, 6.07) is 6.10. The van der Waals surface area contributed by atoms with E-state index in [9.17, 15) is 9.18 Å². The second-order valence-electron chi connectivity index (χ2n) is 3.65. The van der Waals surface area contributed by atoms with Crippen LogP contribution in [0.5, 0.6) is 5.75 Å². The van der Waals surface area contributed by atoms with Crippen molar-refractivity contribution in [3.63, 3.8) is 0 Å². The van der Waals surface area contributed by atoms with Crippen LogP contribution in [-0.2, 0) is 16.1 Å². The summed E-state index contributed by atoms with van der Waals surface area (Å²) in [6.07, 6.45) is 0. The van der Waals surface area contributed by atoms with Gasteiger partial charge in [-0.15, -0.1) is 5.10 Å². The lowest BCUT2D eigenvalue weighted by Crippen LogP contribution is -2.03. The summed E-state index contributed by atoms with van der Waals surface area (Å²) in [5, 5.41) is 6.96. The zero-order valence-corrected chi connectivity index (χ0v) is 11.4. The maximum Gasteiger partial charge on any atom is 0.316 e. The molecule has 0 aliphatic heterocycles. The van der Waals surface area contributed by atoms with E-state index in [4.69, 9.17) is 4.74 Å². The Balaban J connectivity index is 1.87. The molecule has 0 saturated heterocycles. The average molecular weight is 297 g/mol. The first-order valence-electron chi connectivity index (χ1n) is 5.67. The van der Waals surface area contributed by atoms with Crippen molar-refractivity contribution in [3.05, 3.63) is 35.9 Å². The van der Waals surface area contributed by atoms with E-state index in [0.717, 1.165) is 11.8 Å². The molecule has 106 valence electrons. The highest BCUT2D eigenvalue weighted by molar-refractivity contribution is 7.99. The van der Waals surface area contributed by atoms with Crippen LogP contribution < -0.4 is 4.74 Å². The van der Waals surface area contributed by atoms with Crippen LogP contribution in [0.3, 0.4) is 0 Å². The summed E-state index contributed by atoms with van der Waals surface area (Å²) in [5.74, 6) is -0.0772. The van der Waals surface area contributed by atoms with Crippen LogP contribution in [0.15, 0.2) is 29.4 Å². The number of ether oxygens (including phenoxy) is 2. The zero-order chi connectivity index (χ0) is 14.4. The lowest BCUT2D eigenvalue weighted by Gasteiger charge is -2.03. The average Bonchev–Trinajstić information content (AvgIpc) is 2.92. The number of thioether (sulfide) groups is 1. The number of rotatable bonds is 6. The number of para-hydroxylation sites is 1. The topological polar surface area (TPSA) is 77.1 Å². The minimum absolute atomic E-state index is 0.0622. The molecule has 20 heavy (non-hydrogen) atoms. The molecule has 0 radical (unpaired) electrons. The highest BCUT2D eigenvalue weighted by atomic mass is 32.2. The van der Waals surface area contributed by atoms with E-state index in [2.05, 4.69) is 19.9 Å². The molecule has 0 unspecified atom stereocenters. The van der Waals surface area contributed by atoms with E-state index in [0.29, 0.717) is 11.0 Å². The number of nitrogens with one attached hydrogen (secondary N) is 1. The quantitative estimate of drug-likeness (QED) is 0.647. The van der Waals surface area contributed by atoms with Gasteiger partial charge >= 0.3 is 5.97 Å². The van der Waals surface area contributed by atoms with E-state index < -0.39 is 5.82 Å². The molecule has 2 rings (SSSR count). The molecule has 0 saturated carbocycles. The van der Waals surface area contributed by atoms with Crippen molar-refractivity contribution in [1.29, 1.82) is 0 Å². The highest BCUT2D eigenvalue weighted by Crippen LogP contribution is 2.17. The van der Waals surface area contributed by atoms with Crippen LogP contribution >= 0.6 is 11.8 Å². The number of carbonyl (C=O) groups is 1. The van der Waals surface area contributed by atoms with E-state index in [1.54, 1.807) is 12.1 Å². The van der Waals surface area contributed by atoms with Gasteiger partial charge in [0.2, 0.25) is 5.16 Å². The van der Waals surface area contributed by atoms with Gasteiger partial charge in [-0.3, -0.25) is 9.89 Å². The molecule has 1 aromatic carbocycles. The van der Waals surface area contributed by atoms with Crippen LogP contribution in [0.1, 0.15) is 5.82 Å². The lowest BCUT2D eigenvalue weighted by atomic mass is 10.3. The Kier molecular flexibility index (Phi) is 4.94. The Labute approximate surface area is 118 Å². The van der Waals surface area contributed by atoms with Crippen LogP contribution in [0.2, 0.25) is 0 Å². The Morgan fingerprint density at radius 2 is 2.25 bits per heavy atom. The number of aromatic amines is 1. The molecule has 2 aromatic rings. The fourth-order valence-corrected chi connectivity index (χ4v) is 1.95. The number of carbonyl (C=O) groups excluding carboxylic acids is 1. The standard InChI is InChI=1S/C12H12FN3O3S/c1-18-11(17)7-20-12-14-10(15-16-12)6-19-9-5-3-2-4-8(9)13/h2-5H,6-7H2,1H3,(H,14,15,16). The molecule has 0 aliphatic rings. The minimum Gasteiger partial charge on any atom is -0.483 e. The van der Waals surface area contributed by atoms with Crippen LogP contribution in [0.25, 0.3) is 0 Å². The van der Waals surface area contributed by atoms with E-state index >= 15 is 0 Å². The Bertz CT molecular complexity index is 591. The van der Waals surface area contributed by atoms with Crippen LogP contribution in [-0.4, -0.2) is 34.0 Å². The maximum atomic E-state index is 13.3. The summed E-state index contributed by atoms with van der Waals surface area (Å²) in [5.41, 5.74) is 0. The van der Waals surface area contributed by atoms with Gasteiger partial charge in [0.25, 0.3) is 0 Å².